The fourth-order valence-corrected chi connectivity index (χ4v) is 2.17. The first-order chi connectivity index (χ1) is 7.61. The van der Waals surface area contributed by atoms with E-state index in [0.29, 0.717) is 13.0 Å². The topological polar surface area (TPSA) is 69.6 Å². The minimum atomic E-state index is -0.891. The van der Waals surface area contributed by atoms with Gasteiger partial charge in [-0.05, 0) is 26.3 Å². The van der Waals surface area contributed by atoms with Gasteiger partial charge in [0.2, 0.25) is 5.91 Å². The van der Waals surface area contributed by atoms with E-state index in [1.807, 2.05) is 6.92 Å². The maximum absolute atomic E-state index is 12.1. The van der Waals surface area contributed by atoms with Crippen LogP contribution in [0.1, 0.15) is 32.6 Å². The third-order valence-electron chi connectivity index (χ3n) is 3.04. The van der Waals surface area contributed by atoms with Gasteiger partial charge in [0, 0.05) is 6.54 Å². The highest BCUT2D eigenvalue weighted by molar-refractivity contribution is 5.87. The smallest absolute Gasteiger partial charge is 0.326 e. The molecule has 1 aliphatic heterocycles. The molecule has 0 unspecified atom stereocenters. The second-order valence-electron chi connectivity index (χ2n) is 4.16. The van der Waals surface area contributed by atoms with Crippen LogP contribution in [0.2, 0.25) is 0 Å². The number of carbonyl (C=O) groups excluding carboxylic acids is 1. The van der Waals surface area contributed by atoms with Gasteiger partial charge in [-0.3, -0.25) is 4.79 Å². The van der Waals surface area contributed by atoms with Crippen molar-refractivity contribution in [3.05, 3.63) is 0 Å². The van der Waals surface area contributed by atoms with E-state index in [1.54, 1.807) is 7.05 Å². The summed E-state index contributed by atoms with van der Waals surface area (Å²) in [6, 6.07) is -0.870. The van der Waals surface area contributed by atoms with E-state index in [0.717, 1.165) is 19.3 Å². The molecule has 1 fully saturated rings. The Kier molecular flexibility index (Phi) is 4.73. The quantitative estimate of drug-likeness (QED) is 0.717. The van der Waals surface area contributed by atoms with E-state index in [1.165, 1.54) is 4.90 Å². The van der Waals surface area contributed by atoms with E-state index in [2.05, 4.69) is 5.32 Å². The lowest BCUT2D eigenvalue weighted by Gasteiger charge is -2.26. The Morgan fingerprint density at radius 1 is 1.56 bits per heavy atom. The lowest BCUT2D eigenvalue weighted by atomic mass is 10.1. The van der Waals surface area contributed by atoms with Gasteiger partial charge < -0.3 is 15.3 Å². The van der Waals surface area contributed by atoms with Crippen LogP contribution < -0.4 is 5.32 Å². The summed E-state index contributed by atoms with van der Waals surface area (Å²) in [5.41, 5.74) is 0. The third-order valence-corrected chi connectivity index (χ3v) is 3.04. The highest BCUT2D eigenvalue weighted by Crippen LogP contribution is 2.19. The van der Waals surface area contributed by atoms with Crippen LogP contribution in [0.3, 0.4) is 0 Å². The zero-order valence-corrected chi connectivity index (χ0v) is 9.90. The van der Waals surface area contributed by atoms with E-state index in [4.69, 9.17) is 5.11 Å². The molecule has 0 aliphatic carbocycles. The van der Waals surface area contributed by atoms with Crippen molar-refractivity contribution in [3.63, 3.8) is 0 Å². The second-order valence-corrected chi connectivity index (χ2v) is 4.16. The van der Waals surface area contributed by atoms with Gasteiger partial charge in [-0.2, -0.15) is 0 Å². The number of likely N-dealkylation sites (N-methyl/N-ethyl adjacent to an activating group) is 1. The Balaban J connectivity index is 2.67. The predicted molar refractivity (Wildman–Crippen MR) is 60.1 cm³/mol. The molecule has 1 amide bonds. The average Bonchev–Trinajstić information content (AvgIpc) is 2.73. The Hall–Kier alpha value is -1.10. The number of rotatable bonds is 5. The van der Waals surface area contributed by atoms with Crippen LogP contribution in [0.15, 0.2) is 0 Å². The zero-order chi connectivity index (χ0) is 12.1. The summed E-state index contributed by atoms with van der Waals surface area (Å²) < 4.78 is 0. The van der Waals surface area contributed by atoms with Crippen LogP contribution >= 0.6 is 0 Å². The van der Waals surface area contributed by atoms with Crippen LogP contribution in [0.4, 0.5) is 0 Å². The molecule has 0 bridgehead atoms. The summed E-state index contributed by atoms with van der Waals surface area (Å²) >= 11 is 0. The molecule has 92 valence electrons. The van der Waals surface area contributed by atoms with Gasteiger partial charge in [0.1, 0.15) is 6.04 Å². The zero-order valence-electron chi connectivity index (χ0n) is 9.90. The summed E-state index contributed by atoms with van der Waals surface area (Å²) in [5.74, 6) is -0.966. The van der Waals surface area contributed by atoms with Gasteiger partial charge in [-0.15, -0.1) is 0 Å². The fourth-order valence-electron chi connectivity index (χ4n) is 2.17. The molecule has 1 aliphatic rings. The van der Waals surface area contributed by atoms with Gasteiger partial charge in [-0.25, -0.2) is 4.79 Å². The molecular formula is C11H20N2O3. The molecule has 0 radical (unpaired) electrons. The number of amides is 1. The normalized spacial score (nSPS) is 22.1. The van der Waals surface area contributed by atoms with Gasteiger partial charge in [0.05, 0.1) is 6.04 Å². The molecule has 0 aromatic heterocycles. The van der Waals surface area contributed by atoms with Crippen molar-refractivity contribution in [3.8, 4) is 0 Å². The second kappa shape index (κ2) is 5.84. The third kappa shape index (κ3) is 2.72. The first kappa shape index (κ1) is 13.0. The van der Waals surface area contributed by atoms with E-state index >= 15 is 0 Å². The maximum atomic E-state index is 12.1. The predicted octanol–water partition coefficient (Wildman–Crippen LogP) is 0.450. The van der Waals surface area contributed by atoms with Crippen molar-refractivity contribution >= 4 is 11.9 Å². The molecule has 0 spiro atoms. The molecule has 1 heterocycles. The van der Waals surface area contributed by atoms with Crippen LogP contribution in [0.25, 0.3) is 0 Å². The molecule has 2 N–H and O–H groups in total. The number of hydrogen-bond donors (Lipinski definition) is 2. The van der Waals surface area contributed by atoms with Gasteiger partial charge >= 0.3 is 5.97 Å². The standard InChI is InChI=1S/C11H20N2O3/c1-3-5-8(12-2)10(14)13-7-4-6-9(13)11(15)16/h8-9,12H,3-7H2,1-2H3,(H,15,16)/t8-,9-/m0/s1. The Labute approximate surface area is 95.8 Å². The van der Waals surface area contributed by atoms with E-state index < -0.39 is 12.0 Å². The molecule has 0 aromatic carbocycles. The van der Waals surface area contributed by atoms with Crippen molar-refractivity contribution in [1.82, 2.24) is 10.2 Å². The number of carbonyl (C=O) groups is 2. The molecular weight excluding hydrogens is 208 g/mol. The van der Waals surface area contributed by atoms with E-state index in [9.17, 15) is 9.59 Å². The molecule has 16 heavy (non-hydrogen) atoms. The molecule has 1 rings (SSSR count). The number of carboxylic acid groups (broad SMARTS) is 1. The first-order valence-corrected chi connectivity index (χ1v) is 5.82. The van der Waals surface area contributed by atoms with Crippen molar-refractivity contribution in [2.24, 2.45) is 0 Å². The maximum Gasteiger partial charge on any atom is 0.326 e. The minimum Gasteiger partial charge on any atom is -0.480 e. The van der Waals surface area contributed by atoms with Crippen LogP contribution in [-0.4, -0.2) is 47.6 Å². The molecule has 5 nitrogen and oxygen atoms in total. The van der Waals surface area contributed by atoms with Crippen molar-refractivity contribution in [2.45, 2.75) is 44.7 Å². The SMILES string of the molecule is CCC[C@H](NC)C(=O)N1CCC[C@H]1C(=O)O. The van der Waals surface area contributed by atoms with Crippen molar-refractivity contribution in [1.29, 1.82) is 0 Å². The summed E-state index contributed by atoms with van der Waals surface area (Å²) in [7, 11) is 1.74. The van der Waals surface area contributed by atoms with Crippen LogP contribution in [0.5, 0.6) is 0 Å². The van der Waals surface area contributed by atoms with Crippen LogP contribution in [0, 0.1) is 0 Å². The largest absolute Gasteiger partial charge is 0.480 e. The molecule has 5 heteroatoms. The molecule has 1 saturated heterocycles. The Bertz CT molecular complexity index is 268. The number of hydrogen-bond acceptors (Lipinski definition) is 3. The number of carboxylic acids is 1. The van der Waals surface area contributed by atoms with Crippen molar-refractivity contribution in [2.75, 3.05) is 13.6 Å². The highest BCUT2D eigenvalue weighted by Gasteiger charge is 2.36. The number of nitrogens with one attached hydrogen (secondary N) is 1. The lowest BCUT2D eigenvalue weighted by Crippen LogP contribution is -2.49. The van der Waals surface area contributed by atoms with Gasteiger partial charge in [0.15, 0.2) is 0 Å². The van der Waals surface area contributed by atoms with Gasteiger partial charge in [-0.1, -0.05) is 13.3 Å². The monoisotopic (exact) mass is 228 g/mol. The lowest BCUT2D eigenvalue weighted by molar-refractivity contribution is -0.149. The summed E-state index contributed by atoms with van der Waals surface area (Å²) in [5, 5.41) is 12.0. The van der Waals surface area contributed by atoms with Crippen molar-refractivity contribution < 1.29 is 14.7 Å². The number of aliphatic carboxylic acids is 1. The minimum absolute atomic E-state index is 0.0748. The van der Waals surface area contributed by atoms with E-state index in [-0.39, 0.29) is 11.9 Å². The summed E-state index contributed by atoms with van der Waals surface area (Å²) in [4.78, 5) is 24.6. The highest BCUT2D eigenvalue weighted by atomic mass is 16.4. The molecule has 0 saturated carbocycles. The first-order valence-electron chi connectivity index (χ1n) is 5.82. The average molecular weight is 228 g/mol. The Morgan fingerprint density at radius 3 is 2.75 bits per heavy atom. The molecule has 0 aromatic rings. The van der Waals surface area contributed by atoms with Gasteiger partial charge in [0.25, 0.3) is 0 Å². The van der Waals surface area contributed by atoms with Crippen LogP contribution in [-0.2, 0) is 9.59 Å². The Morgan fingerprint density at radius 2 is 2.25 bits per heavy atom. The summed E-state index contributed by atoms with van der Waals surface area (Å²) in [6.45, 7) is 2.58. The number of likely N-dealkylation sites (tertiary alicyclic amines) is 1. The summed E-state index contributed by atoms with van der Waals surface area (Å²) in [6.07, 6.45) is 3.01. The fraction of sp³-hybridized carbons (Fsp3) is 0.818. The molecule has 2 atom stereocenters. The number of nitrogens with zero attached hydrogens (tertiary/aromatic N) is 1.